The minimum Gasteiger partial charge on any atom is -0.496 e. The van der Waals surface area contributed by atoms with Crippen LogP contribution in [0.25, 0.3) is 0 Å². The Balaban J connectivity index is 2.96. The van der Waals surface area contributed by atoms with Crippen molar-refractivity contribution in [3.05, 3.63) is 23.3 Å². The van der Waals surface area contributed by atoms with Crippen molar-refractivity contribution in [3.8, 4) is 11.5 Å². The number of aryl methyl sites for hydroxylation is 1. The zero-order valence-corrected chi connectivity index (χ0v) is 12.0. The summed E-state index contributed by atoms with van der Waals surface area (Å²) in [6.07, 6.45) is 4.51. The Labute approximate surface area is 110 Å². The summed E-state index contributed by atoms with van der Waals surface area (Å²) in [7, 11) is 3.35. The second-order valence-corrected chi connectivity index (χ2v) is 4.69. The first-order chi connectivity index (χ1) is 8.63. The summed E-state index contributed by atoms with van der Waals surface area (Å²) >= 11 is 0. The van der Waals surface area contributed by atoms with E-state index in [4.69, 9.17) is 15.2 Å². The molecule has 0 amide bonds. The Morgan fingerprint density at radius 1 is 1.11 bits per heavy atom. The second-order valence-electron chi connectivity index (χ2n) is 4.69. The van der Waals surface area contributed by atoms with E-state index >= 15 is 0 Å². The molecule has 0 unspecified atom stereocenters. The van der Waals surface area contributed by atoms with Crippen molar-refractivity contribution in [3.63, 3.8) is 0 Å². The second kappa shape index (κ2) is 7.27. The van der Waals surface area contributed by atoms with Crippen LogP contribution in [0, 0.1) is 6.92 Å². The highest BCUT2D eigenvalue weighted by Crippen LogP contribution is 2.36. The Hall–Kier alpha value is -1.22. The largest absolute Gasteiger partial charge is 0.496 e. The van der Waals surface area contributed by atoms with Gasteiger partial charge in [-0.2, -0.15) is 0 Å². The maximum atomic E-state index is 6.28. The van der Waals surface area contributed by atoms with Crippen molar-refractivity contribution in [2.24, 2.45) is 5.73 Å². The number of ether oxygens (including phenoxy) is 2. The van der Waals surface area contributed by atoms with Crippen molar-refractivity contribution < 1.29 is 9.47 Å². The maximum absolute atomic E-state index is 6.28. The van der Waals surface area contributed by atoms with E-state index < -0.39 is 0 Å². The van der Waals surface area contributed by atoms with Gasteiger partial charge in [0.05, 0.1) is 19.8 Å². The molecule has 0 spiro atoms. The predicted octanol–water partition coefficient (Wildman–Crippen LogP) is 3.59. The number of methoxy groups -OCH3 is 2. The van der Waals surface area contributed by atoms with Crippen molar-refractivity contribution in [1.82, 2.24) is 0 Å². The van der Waals surface area contributed by atoms with Crippen LogP contribution in [0.2, 0.25) is 0 Å². The average Bonchev–Trinajstić information content (AvgIpc) is 2.37. The van der Waals surface area contributed by atoms with Crippen LogP contribution in [-0.2, 0) is 0 Å². The van der Waals surface area contributed by atoms with E-state index in [-0.39, 0.29) is 6.04 Å². The van der Waals surface area contributed by atoms with Crippen LogP contribution in [0.4, 0.5) is 0 Å². The van der Waals surface area contributed by atoms with Crippen LogP contribution in [0.3, 0.4) is 0 Å². The third-order valence-electron chi connectivity index (χ3n) is 3.18. The summed E-state index contributed by atoms with van der Waals surface area (Å²) in [5.41, 5.74) is 8.39. The molecular weight excluding hydrogens is 226 g/mol. The lowest BCUT2D eigenvalue weighted by atomic mass is 9.98. The van der Waals surface area contributed by atoms with Gasteiger partial charge >= 0.3 is 0 Å². The Bertz CT molecular complexity index is 352. The molecule has 0 heterocycles. The van der Waals surface area contributed by atoms with E-state index in [0.29, 0.717) is 0 Å². The molecule has 1 aromatic carbocycles. The molecule has 1 atom stereocenters. The van der Waals surface area contributed by atoms with Crippen molar-refractivity contribution >= 4 is 0 Å². The summed E-state index contributed by atoms with van der Waals surface area (Å²) in [6.45, 7) is 4.22. The summed E-state index contributed by atoms with van der Waals surface area (Å²) < 4.78 is 10.9. The number of hydrogen-bond acceptors (Lipinski definition) is 3. The SMILES string of the molecule is CCCCC[C@H](N)c1c(OC)cc(C)cc1OC. The number of benzene rings is 1. The van der Waals surface area contributed by atoms with Gasteiger partial charge in [0.1, 0.15) is 11.5 Å². The smallest absolute Gasteiger partial charge is 0.127 e. The summed E-state index contributed by atoms with van der Waals surface area (Å²) in [5.74, 6) is 1.66. The first-order valence-electron chi connectivity index (χ1n) is 6.62. The number of hydrogen-bond donors (Lipinski definition) is 1. The summed E-state index contributed by atoms with van der Waals surface area (Å²) in [4.78, 5) is 0. The van der Waals surface area contributed by atoms with Gasteiger partial charge in [-0.1, -0.05) is 26.2 Å². The Kier molecular flexibility index (Phi) is 5.99. The molecule has 18 heavy (non-hydrogen) atoms. The van der Waals surface area contributed by atoms with E-state index in [1.807, 2.05) is 19.1 Å². The van der Waals surface area contributed by atoms with Crippen LogP contribution < -0.4 is 15.2 Å². The minimum absolute atomic E-state index is 0.0259. The molecule has 1 aromatic rings. The Morgan fingerprint density at radius 3 is 2.11 bits per heavy atom. The highest BCUT2D eigenvalue weighted by atomic mass is 16.5. The summed E-state index contributed by atoms with van der Waals surface area (Å²) in [6, 6.07) is 4.00. The van der Waals surface area contributed by atoms with E-state index in [1.54, 1.807) is 14.2 Å². The van der Waals surface area contributed by atoms with Gasteiger partial charge in [-0.25, -0.2) is 0 Å². The minimum atomic E-state index is -0.0259. The van der Waals surface area contributed by atoms with E-state index in [2.05, 4.69) is 6.92 Å². The van der Waals surface area contributed by atoms with E-state index in [9.17, 15) is 0 Å². The van der Waals surface area contributed by atoms with Crippen LogP contribution in [0.1, 0.15) is 49.8 Å². The van der Waals surface area contributed by atoms with Crippen LogP contribution in [-0.4, -0.2) is 14.2 Å². The molecule has 0 saturated carbocycles. The number of nitrogens with two attached hydrogens (primary N) is 1. The molecule has 0 bridgehead atoms. The molecule has 0 fully saturated rings. The number of unbranched alkanes of at least 4 members (excludes halogenated alkanes) is 2. The zero-order chi connectivity index (χ0) is 13.5. The fourth-order valence-corrected chi connectivity index (χ4v) is 2.19. The third-order valence-corrected chi connectivity index (χ3v) is 3.18. The molecule has 3 nitrogen and oxygen atoms in total. The van der Waals surface area contributed by atoms with Gasteiger partial charge in [-0.15, -0.1) is 0 Å². The zero-order valence-electron chi connectivity index (χ0n) is 12.0. The predicted molar refractivity (Wildman–Crippen MR) is 75.4 cm³/mol. The monoisotopic (exact) mass is 251 g/mol. The molecule has 0 saturated heterocycles. The summed E-state index contributed by atoms with van der Waals surface area (Å²) in [5, 5.41) is 0. The van der Waals surface area contributed by atoms with Crippen LogP contribution in [0.15, 0.2) is 12.1 Å². The lowest BCUT2D eigenvalue weighted by Gasteiger charge is -2.19. The molecule has 0 aliphatic carbocycles. The van der Waals surface area contributed by atoms with Gasteiger partial charge in [0.15, 0.2) is 0 Å². The van der Waals surface area contributed by atoms with Crippen molar-refractivity contribution in [2.75, 3.05) is 14.2 Å². The van der Waals surface area contributed by atoms with Gasteiger partial charge in [0, 0.05) is 6.04 Å². The first kappa shape index (κ1) is 14.8. The van der Waals surface area contributed by atoms with E-state index in [0.717, 1.165) is 35.5 Å². The highest BCUT2D eigenvalue weighted by Gasteiger charge is 2.18. The molecule has 102 valence electrons. The molecule has 0 radical (unpaired) electrons. The van der Waals surface area contributed by atoms with Crippen molar-refractivity contribution in [1.29, 1.82) is 0 Å². The van der Waals surface area contributed by atoms with Crippen LogP contribution >= 0.6 is 0 Å². The van der Waals surface area contributed by atoms with Gasteiger partial charge in [0.2, 0.25) is 0 Å². The topological polar surface area (TPSA) is 44.5 Å². The van der Waals surface area contributed by atoms with E-state index in [1.165, 1.54) is 12.8 Å². The maximum Gasteiger partial charge on any atom is 0.127 e. The van der Waals surface area contributed by atoms with Gasteiger partial charge in [-0.3, -0.25) is 0 Å². The van der Waals surface area contributed by atoms with Crippen molar-refractivity contribution in [2.45, 2.75) is 45.6 Å². The first-order valence-corrected chi connectivity index (χ1v) is 6.62. The van der Waals surface area contributed by atoms with Crippen LogP contribution in [0.5, 0.6) is 11.5 Å². The van der Waals surface area contributed by atoms with Gasteiger partial charge in [0.25, 0.3) is 0 Å². The fourth-order valence-electron chi connectivity index (χ4n) is 2.19. The quantitative estimate of drug-likeness (QED) is 0.753. The molecular formula is C15H25NO2. The van der Waals surface area contributed by atoms with Gasteiger partial charge < -0.3 is 15.2 Å². The van der Waals surface area contributed by atoms with Gasteiger partial charge in [-0.05, 0) is 31.0 Å². The normalized spacial score (nSPS) is 12.3. The lowest BCUT2D eigenvalue weighted by Crippen LogP contribution is -2.13. The molecule has 0 aliphatic heterocycles. The molecule has 1 rings (SSSR count). The Morgan fingerprint density at radius 2 is 1.67 bits per heavy atom. The molecule has 0 aromatic heterocycles. The molecule has 0 aliphatic rings. The average molecular weight is 251 g/mol. The fraction of sp³-hybridized carbons (Fsp3) is 0.600. The molecule has 2 N–H and O–H groups in total. The number of rotatable bonds is 7. The lowest BCUT2D eigenvalue weighted by molar-refractivity contribution is 0.375. The molecule has 3 heteroatoms. The standard InChI is InChI=1S/C15H25NO2/c1-5-6-7-8-12(16)15-13(17-3)9-11(2)10-14(15)18-4/h9-10,12H,5-8,16H2,1-4H3/t12-/m0/s1. The highest BCUT2D eigenvalue weighted by molar-refractivity contribution is 5.49. The third kappa shape index (κ3) is 3.64.